The minimum Gasteiger partial charge on any atom is -0.384 e. The van der Waals surface area contributed by atoms with Gasteiger partial charge >= 0.3 is 0 Å². The van der Waals surface area contributed by atoms with E-state index < -0.39 is 0 Å². The topological polar surface area (TPSA) is 96.8 Å². The molecule has 0 atom stereocenters. The summed E-state index contributed by atoms with van der Waals surface area (Å²) in [6.45, 7) is 1.56. The minimum absolute atomic E-state index is 0.213. The molecule has 2 aromatic heterocycles. The molecule has 1 aliphatic heterocycles. The van der Waals surface area contributed by atoms with Crippen LogP contribution in [-0.4, -0.2) is 33.6 Å². The molecule has 0 aliphatic carbocycles. The van der Waals surface area contributed by atoms with E-state index in [-0.39, 0.29) is 5.56 Å². The van der Waals surface area contributed by atoms with E-state index in [2.05, 4.69) is 20.3 Å². The van der Waals surface area contributed by atoms with Gasteiger partial charge in [-0.25, -0.2) is 4.98 Å². The number of H-pyrrole nitrogens is 2. The molecule has 0 spiro atoms. The average molecular weight is 264 g/mol. The zero-order chi connectivity index (χ0) is 13.1. The van der Waals surface area contributed by atoms with Crippen LogP contribution in [0.4, 0.5) is 0 Å². The Hall–Kier alpha value is -1.89. The fourth-order valence-corrected chi connectivity index (χ4v) is 2.25. The Bertz CT molecular complexity index is 580. The van der Waals surface area contributed by atoms with Crippen molar-refractivity contribution >= 4 is 0 Å². The van der Waals surface area contributed by atoms with Crippen LogP contribution in [0.25, 0.3) is 0 Å². The first-order valence-corrected chi connectivity index (χ1v) is 6.47. The van der Waals surface area contributed by atoms with Crippen LogP contribution in [0.3, 0.4) is 0 Å². The molecule has 7 nitrogen and oxygen atoms in total. The summed E-state index contributed by atoms with van der Waals surface area (Å²) < 4.78 is 10.3. The van der Waals surface area contributed by atoms with Crippen molar-refractivity contribution in [3.8, 4) is 0 Å². The number of nitrogens with one attached hydrogen (secondary N) is 2. The molecule has 2 N–H and O–H groups in total. The number of aryl methyl sites for hydroxylation is 2. The van der Waals surface area contributed by atoms with Gasteiger partial charge in [0.15, 0.2) is 5.82 Å². The Labute approximate surface area is 109 Å². The van der Waals surface area contributed by atoms with Crippen LogP contribution in [0.1, 0.15) is 36.2 Å². The summed E-state index contributed by atoms with van der Waals surface area (Å²) in [5.41, 5.74) is -0.213. The number of nitrogens with zero attached hydrogens (tertiary/aromatic N) is 2. The lowest BCUT2D eigenvalue weighted by Gasteiger charge is -2.18. The standard InChI is InChI=1S/C12H16N4O3/c17-11-7-9(19-16-11)1-2-10-13-12(15-14-10)8-3-5-18-6-4-8/h7-8H,1-6H2,(H,16,17)(H,13,14,15). The van der Waals surface area contributed by atoms with Crippen molar-refractivity contribution in [2.45, 2.75) is 31.6 Å². The van der Waals surface area contributed by atoms with Gasteiger partial charge in [-0.2, -0.15) is 10.3 Å². The van der Waals surface area contributed by atoms with Crippen LogP contribution in [0.2, 0.25) is 0 Å². The van der Waals surface area contributed by atoms with Crippen molar-refractivity contribution in [3.05, 3.63) is 33.8 Å². The van der Waals surface area contributed by atoms with E-state index in [1.165, 1.54) is 6.07 Å². The zero-order valence-electron chi connectivity index (χ0n) is 10.5. The zero-order valence-corrected chi connectivity index (χ0v) is 10.5. The second-order valence-corrected chi connectivity index (χ2v) is 4.71. The fourth-order valence-electron chi connectivity index (χ4n) is 2.25. The molecule has 1 aliphatic rings. The first-order chi connectivity index (χ1) is 9.31. The van der Waals surface area contributed by atoms with E-state index in [1.807, 2.05) is 0 Å². The van der Waals surface area contributed by atoms with Crippen molar-refractivity contribution in [2.75, 3.05) is 13.2 Å². The molecule has 0 unspecified atom stereocenters. The SMILES string of the molecule is O=c1cc(CCc2nc(C3CCOCC3)n[nH]2)o[nH]1. The van der Waals surface area contributed by atoms with E-state index in [9.17, 15) is 4.79 Å². The monoisotopic (exact) mass is 264 g/mol. The maximum atomic E-state index is 10.9. The van der Waals surface area contributed by atoms with Gasteiger partial charge in [0.05, 0.1) is 0 Å². The molecule has 0 radical (unpaired) electrons. The highest BCUT2D eigenvalue weighted by atomic mass is 16.5. The second-order valence-electron chi connectivity index (χ2n) is 4.71. The summed E-state index contributed by atoms with van der Waals surface area (Å²) in [7, 11) is 0. The molecule has 7 heteroatoms. The summed E-state index contributed by atoms with van der Waals surface area (Å²) in [6, 6.07) is 1.45. The van der Waals surface area contributed by atoms with Crippen LogP contribution in [0.5, 0.6) is 0 Å². The number of ether oxygens (including phenoxy) is 1. The maximum Gasteiger partial charge on any atom is 0.280 e. The van der Waals surface area contributed by atoms with E-state index in [0.717, 1.165) is 37.7 Å². The van der Waals surface area contributed by atoms with Crippen molar-refractivity contribution in [2.24, 2.45) is 0 Å². The van der Waals surface area contributed by atoms with Crippen molar-refractivity contribution < 1.29 is 9.26 Å². The number of rotatable bonds is 4. The Morgan fingerprint density at radius 2 is 2.16 bits per heavy atom. The smallest absolute Gasteiger partial charge is 0.280 e. The third-order valence-electron chi connectivity index (χ3n) is 3.32. The first kappa shape index (κ1) is 12.2. The van der Waals surface area contributed by atoms with Crippen LogP contribution in [0, 0.1) is 0 Å². The van der Waals surface area contributed by atoms with Crippen LogP contribution >= 0.6 is 0 Å². The molecular weight excluding hydrogens is 248 g/mol. The summed E-state index contributed by atoms with van der Waals surface area (Å²) in [5.74, 6) is 2.72. The molecule has 3 heterocycles. The van der Waals surface area contributed by atoms with Gasteiger partial charge in [0.2, 0.25) is 0 Å². The maximum absolute atomic E-state index is 10.9. The van der Waals surface area contributed by atoms with Gasteiger partial charge in [-0.05, 0) is 12.8 Å². The molecule has 0 aromatic carbocycles. The minimum atomic E-state index is -0.213. The summed E-state index contributed by atoms with van der Waals surface area (Å²) in [4.78, 5) is 15.4. The number of hydrogen-bond donors (Lipinski definition) is 2. The molecular formula is C12H16N4O3. The molecule has 3 rings (SSSR count). The highest BCUT2D eigenvalue weighted by Crippen LogP contribution is 2.23. The molecule has 0 saturated carbocycles. The van der Waals surface area contributed by atoms with Crippen LogP contribution < -0.4 is 5.56 Å². The molecule has 19 heavy (non-hydrogen) atoms. The van der Waals surface area contributed by atoms with E-state index in [4.69, 9.17) is 9.26 Å². The average Bonchev–Trinajstić information content (AvgIpc) is 3.06. The fraction of sp³-hybridized carbons (Fsp3) is 0.583. The van der Waals surface area contributed by atoms with E-state index >= 15 is 0 Å². The largest absolute Gasteiger partial charge is 0.384 e. The van der Waals surface area contributed by atoms with Gasteiger partial charge in [-0.1, -0.05) is 0 Å². The molecule has 1 fully saturated rings. The van der Waals surface area contributed by atoms with Gasteiger partial charge in [0, 0.05) is 38.0 Å². The van der Waals surface area contributed by atoms with Gasteiger partial charge in [0.1, 0.15) is 11.6 Å². The lowest BCUT2D eigenvalue weighted by molar-refractivity contribution is 0.0836. The predicted molar refractivity (Wildman–Crippen MR) is 65.9 cm³/mol. The predicted octanol–water partition coefficient (Wildman–Crippen LogP) is 0.765. The highest BCUT2D eigenvalue weighted by molar-refractivity contribution is 5.01. The summed E-state index contributed by atoms with van der Waals surface area (Å²) in [6.07, 6.45) is 3.26. The lowest BCUT2D eigenvalue weighted by atomic mass is 10.00. The van der Waals surface area contributed by atoms with E-state index in [1.54, 1.807) is 0 Å². The van der Waals surface area contributed by atoms with Gasteiger partial charge in [-0.15, -0.1) is 0 Å². The highest BCUT2D eigenvalue weighted by Gasteiger charge is 2.20. The normalized spacial score (nSPS) is 16.8. The third kappa shape index (κ3) is 2.93. The lowest BCUT2D eigenvalue weighted by Crippen LogP contribution is -2.15. The Morgan fingerprint density at radius 1 is 1.32 bits per heavy atom. The number of aromatic amines is 2. The van der Waals surface area contributed by atoms with Crippen molar-refractivity contribution in [1.82, 2.24) is 20.3 Å². The summed E-state index contributed by atoms with van der Waals surface area (Å²) in [5, 5.41) is 9.48. The Morgan fingerprint density at radius 3 is 2.89 bits per heavy atom. The third-order valence-corrected chi connectivity index (χ3v) is 3.32. The van der Waals surface area contributed by atoms with Gasteiger partial charge in [-0.3, -0.25) is 9.89 Å². The Kier molecular flexibility index (Phi) is 3.45. The quantitative estimate of drug-likeness (QED) is 0.850. The van der Waals surface area contributed by atoms with Gasteiger partial charge < -0.3 is 9.26 Å². The first-order valence-electron chi connectivity index (χ1n) is 6.47. The molecule has 2 aromatic rings. The van der Waals surface area contributed by atoms with Crippen LogP contribution in [-0.2, 0) is 17.6 Å². The van der Waals surface area contributed by atoms with Crippen LogP contribution in [0.15, 0.2) is 15.4 Å². The van der Waals surface area contributed by atoms with Crippen molar-refractivity contribution in [3.63, 3.8) is 0 Å². The molecule has 0 amide bonds. The molecule has 0 bridgehead atoms. The number of aromatic nitrogens is 4. The van der Waals surface area contributed by atoms with Crippen molar-refractivity contribution in [1.29, 1.82) is 0 Å². The number of hydrogen-bond acceptors (Lipinski definition) is 5. The second kappa shape index (κ2) is 5.40. The summed E-state index contributed by atoms with van der Waals surface area (Å²) >= 11 is 0. The Balaban J connectivity index is 1.59. The van der Waals surface area contributed by atoms with Gasteiger partial charge in [0.25, 0.3) is 5.56 Å². The molecule has 1 saturated heterocycles. The molecule has 102 valence electrons. The van der Waals surface area contributed by atoms with E-state index in [0.29, 0.717) is 24.5 Å².